The number of aliphatic hydroxyl groups excluding tert-OH is 1. The summed E-state index contributed by atoms with van der Waals surface area (Å²) in [5.41, 5.74) is 3.17. The van der Waals surface area contributed by atoms with Gasteiger partial charge in [-0.05, 0) is 37.6 Å². The zero-order valence-corrected chi connectivity index (χ0v) is 11.0. The molecule has 0 aliphatic rings. The molecule has 0 unspecified atom stereocenters. The number of aryl methyl sites for hydroxylation is 1. The smallest absolute Gasteiger partial charge is 0.132 e. The van der Waals surface area contributed by atoms with Gasteiger partial charge in [-0.3, -0.25) is 0 Å². The fraction of sp³-hybridized carbons (Fsp3) is 0.267. The van der Waals surface area contributed by atoms with Crippen molar-refractivity contribution in [1.29, 1.82) is 0 Å². The summed E-state index contributed by atoms with van der Waals surface area (Å²) >= 11 is 0. The van der Waals surface area contributed by atoms with E-state index in [9.17, 15) is 5.11 Å². The van der Waals surface area contributed by atoms with Crippen LogP contribution in [0.5, 0.6) is 0 Å². The zero-order chi connectivity index (χ0) is 13.1. The maximum atomic E-state index is 9.45. The second-order valence-electron chi connectivity index (χ2n) is 4.52. The second kappa shape index (κ2) is 5.19. The lowest BCUT2D eigenvalue weighted by atomic mass is 10.2. The van der Waals surface area contributed by atoms with Gasteiger partial charge in [-0.1, -0.05) is 23.8 Å². The number of benzene rings is 1. The van der Waals surface area contributed by atoms with E-state index in [1.807, 2.05) is 24.1 Å². The number of anilines is 2. The number of hydrogen-bond acceptors (Lipinski definition) is 3. The van der Waals surface area contributed by atoms with Crippen LogP contribution in [0.1, 0.15) is 24.2 Å². The lowest BCUT2D eigenvalue weighted by Gasteiger charge is -2.19. The fourth-order valence-corrected chi connectivity index (χ4v) is 1.74. The van der Waals surface area contributed by atoms with Gasteiger partial charge in [-0.15, -0.1) is 0 Å². The molecule has 1 aromatic heterocycles. The first-order valence-electron chi connectivity index (χ1n) is 6.02. The monoisotopic (exact) mass is 242 g/mol. The highest BCUT2D eigenvalue weighted by molar-refractivity contribution is 5.59. The molecule has 2 rings (SSSR count). The predicted octanol–water partition coefficient (Wildman–Crippen LogP) is 3.21. The maximum absolute atomic E-state index is 9.45. The van der Waals surface area contributed by atoms with Crippen LogP contribution in [0.3, 0.4) is 0 Å². The van der Waals surface area contributed by atoms with Crippen molar-refractivity contribution in [3.05, 3.63) is 53.7 Å². The van der Waals surface area contributed by atoms with Crippen molar-refractivity contribution in [3.8, 4) is 0 Å². The molecule has 0 aliphatic heterocycles. The van der Waals surface area contributed by atoms with E-state index in [0.717, 1.165) is 17.1 Å². The van der Waals surface area contributed by atoms with E-state index in [0.29, 0.717) is 0 Å². The van der Waals surface area contributed by atoms with Crippen molar-refractivity contribution >= 4 is 11.5 Å². The molecular weight excluding hydrogens is 224 g/mol. The summed E-state index contributed by atoms with van der Waals surface area (Å²) in [6, 6.07) is 12.1. The molecule has 0 spiro atoms. The molecular formula is C15H18N2O. The molecule has 0 radical (unpaired) electrons. The molecule has 0 aliphatic carbocycles. The van der Waals surface area contributed by atoms with Crippen LogP contribution in [0.15, 0.2) is 42.6 Å². The lowest BCUT2D eigenvalue weighted by molar-refractivity contribution is 0.199. The van der Waals surface area contributed by atoms with Gasteiger partial charge >= 0.3 is 0 Å². The standard InChI is InChI=1S/C15H18N2O/c1-11-4-7-14(8-5-11)17(3)15-9-6-13(10-16-15)12(2)18/h4-10,12,18H,1-3H3/t12-/m1/s1. The van der Waals surface area contributed by atoms with Gasteiger partial charge in [0.1, 0.15) is 5.82 Å². The molecule has 0 bridgehead atoms. The minimum Gasteiger partial charge on any atom is -0.389 e. The molecule has 94 valence electrons. The molecule has 18 heavy (non-hydrogen) atoms. The summed E-state index contributed by atoms with van der Waals surface area (Å²) in [6.45, 7) is 3.81. The number of hydrogen-bond donors (Lipinski definition) is 1. The van der Waals surface area contributed by atoms with Gasteiger partial charge in [0, 0.05) is 18.9 Å². The van der Waals surface area contributed by atoms with Crippen LogP contribution in [-0.2, 0) is 0 Å². The summed E-state index contributed by atoms with van der Waals surface area (Å²) in [5.74, 6) is 0.864. The molecule has 1 heterocycles. The zero-order valence-electron chi connectivity index (χ0n) is 11.0. The van der Waals surface area contributed by atoms with Crippen molar-refractivity contribution < 1.29 is 5.11 Å². The molecule has 0 fully saturated rings. The number of aromatic nitrogens is 1. The average Bonchev–Trinajstić information content (AvgIpc) is 2.39. The quantitative estimate of drug-likeness (QED) is 0.897. The largest absolute Gasteiger partial charge is 0.389 e. The number of rotatable bonds is 3. The Hall–Kier alpha value is -1.87. The highest BCUT2D eigenvalue weighted by atomic mass is 16.3. The minimum absolute atomic E-state index is 0.476. The highest BCUT2D eigenvalue weighted by Gasteiger charge is 2.06. The highest BCUT2D eigenvalue weighted by Crippen LogP contribution is 2.22. The van der Waals surface area contributed by atoms with Crippen LogP contribution >= 0.6 is 0 Å². The molecule has 1 atom stereocenters. The topological polar surface area (TPSA) is 36.4 Å². The first-order valence-corrected chi connectivity index (χ1v) is 6.02. The SMILES string of the molecule is Cc1ccc(N(C)c2ccc([C@@H](C)O)cn2)cc1. The lowest BCUT2D eigenvalue weighted by Crippen LogP contribution is -2.11. The summed E-state index contributed by atoms with van der Waals surface area (Å²) in [7, 11) is 1.98. The third kappa shape index (κ3) is 2.68. The fourth-order valence-electron chi connectivity index (χ4n) is 1.74. The van der Waals surface area contributed by atoms with Gasteiger partial charge < -0.3 is 10.0 Å². The van der Waals surface area contributed by atoms with Crippen molar-refractivity contribution in [3.63, 3.8) is 0 Å². The minimum atomic E-state index is -0.476. The first-order chi connectivity index (χ1) is 8.58. The Bertz CT molecular complexity index is 503. The number of aliphatic hydroxyl groups is 1. The summed E-state index contributed by atoms with van der Waals surface area (Å²) < 4.78 is 0. The van der Waals surface area contributed by atoms with Gasteiger partial charge in [0.25, 0.3) is 0 Å². The third-order valence-electron chi connectivity index (χ3n) is 3.02. The Morgan fingerprint density at radius 3 is 2.28 bits per heavy atom. The molecule has 1 N–H and O–H groups in total. The van der Waals surface area contributed by atoms with Crippen LogP contribution in [0.25, 0.3) is 0 Å². The van der Waals surface area contributed by atoms with Crippen LogP contribution in [0, 0.1) is 6.92 Å². The van der Waals surface area contributed by atoms with E-state index < -0.39 is 6.10 Å². The van der Waals surface area contributed by atoms with E-state index >= 15 is 0 Å². The summed E-state index contributed by atoms with van der Waals surface area (Å²) in [4.78, 5) is 6.38. The molecule has 3 nitrogen and oxygen atoms in total. The summed E-state index contributed by atoms with van der Waals surface area (Å²) in [5, 5.41) is 9.45. The summed E-state index contributed by atoms with van der Waals surface area (Å²) in [6.07, 6.45) is 1.24. The molecule has 2 aromatic rings. The van der Waals surface area contributed by atoms with Crippen LogP contribution in [-0.4, -0.2) is 17.1 Å². The van der Waals surface area contributed by atoms with Crippen LogP contribution in [0.2, 0.25) is 0 Å². The molecule has 3 heteroatoms. The molecule has 0 saturated carbocycles. The van der Waals surface area contributed by atoms with Gasteiger partial charge in [0.15, 0.2) is 0 Å². The van der Waals surface area contributed by atoms with Crippen LogP contribution in [0.4, 0.5) is 11.5 Å². The number of pyridine rings is 1. The van der Waals surface area contributed by atoms with E-state index in [-0.39, 0.29) is 0 Å². The molecule has 1 aromatic carbocycles. The van der Waals surface area contributed by atoms with E-state index in [1.165, 1.54) is 5.56 Å². The molecule has 0 saturated heterocycles. The Morgan fingerprint density at radius 1 is 1.11 bits per heavy atom. The third-order valence-corrected chi connectivity index (χ3v) is 3.02. The van der Waals surface area contributed by atoms with Crippen LogP contribution < -0.4 is 4.90 Å². The Kier molecular flexibility index (Phi) is 3.63. The first kappa shape index (κ1) is 12.6. The van der Waals surface area contributed by atoms with Gasteiger partial charge in [-0.2, -0.15) is 0 Å². The number of nitrogens with zero attached hydrogens (tertiary/aromatic N) is 2. The van der Waals surface area contributed by atoms with Crippen molar-refractivity contribution in [1.82, 2.24) is 4.98 Å². The van der Waals surface area contributed by atoms with Crippen molar-refractivity contribution in [2.45, 2.75) is 20.0 Å². The molecule has 0 amide bonds. The van der Waals surface area contributed by atoms with E-state index in [1.54, 1.807) is 13.1 Å². The van der Waals surface area contributed by atoms with E-state index in [4.69, 9.17) is 0 Å². The van der Waals surface area contributed by atoms with Gasteiger partial charge in [0.05, 0.1) is 6.10 Å². The Balaban J connectivity index is 2.23. The normalized spacial score (nSPS) is 12.2. The van der Waals surface area contributed by atoms with Crippen molar-refractivity contribution in [2.75, 3.05) is 11.9 Å². The van der Waals surface area contributed by atoms with Gasteiger partial charge in [0.2, 0.25) is 0 Å². The predicted molar refractivity (Wildman–Crippen MR) is 74.1 cm³/mol. The second-order valence-corrected chi connectivity index (χ2v) is 4.52. The Morgan fingerprint density at radius 2 is 1.78 bits per heavy atom. The van der Waals surface area contributed by atoms with Crippen molar-refractivity contribution in [2.24, 2.45) is 0 Å². The average molecular weight is 242 g/mol. The Labute approximate surface area is 108 Å². The maximum Gasteiger partial charge on any atom is 0.132 e. The van der Waals surface area contributed by atoms with E-state index in [2.05, 4.69) is 36.2 Å². The van der Waals surface area contributed by atoms with Gasteiger partial charge in [-0.25, -0.2) is 4.98 Å².